The number of benzene rings is 1. The van der Waals surface area contributed by atoms with E-state index < -0.39 is 18.2 Å². The van der Waals surface area contributed by atoms with E-state index in [4.69, 9.17) is 5.11 Å². The van der Waals surface area contributed by atoms with Gasteiger partial charge in [-0.3, -0.25) is 0 Å². The highest BCUT2D eigenvalue weighted by atomic mass is 16.4. The predicted octanol–water partition coefficient (Wildman–Crippen LogP) is -0.0734. The van der Waals surface area contributed by atoms with E-state index in [2.05, 4.69) is 0 Å². The maximum Gasteiger partial charge on any atom is 0.337 e. The molecule has 0 saturated carbocycles. The molecule has 5 nitrogen and oxygen atoms in total. The molecule has 2 unspecified atom stereocenters. The summed E-state index contributed by atoms with van der Waals surface area (Å²) in [5.41, 5.74) is 0.717. The molecule has 5 heteroatoms. The first kappa shape index (κ1) is 10.9. The standard InChI is InChI=1S/C11H13NO4/c13-9-5-12(6-10(9)14)8-4-2-1-3-7(8)11(15)16/h1-4,9-10,13-14H,5-6H2,(H,15,16). The number of aromatic carboxylic acids is 1. The van der Waals surface area contributed by atoms with Gasteiger partial charge in [0.25, 0.3) is 0 Å². The van der Waals surface area contributed by atoms with Gasteiger partial charge in [0.1, 0.15) is 0 Å². The summed E-state index contributed by atoms with van der Waals surface area (Å²) in [6.07, 6.45) is -1.64. The zero-order chi connectivity index (χ0) is 11.7. The fraction of sp³-hybridized carbons (Fsp3) is 0.364. The molecule has 0 amide bonds. The summed E-state index contributed by atoms with van der Waals surface area (Å²) in [6, 6.07) is 6.57. The van der Waals surface area contributed by atoms with Crippen molar-refractivity contribution in [3.8, 4) is 0 Å². The number of carboxylic acids is 1. The van der Waals surface area contributed by atoms with Crippen LogP contribution in [-0.4, -0.2) is 46.6 Å². The summed E-state index contributed by atoms with van der Waals surface area (Å²) in [5.74, 6) is -1.01. The van der Waals surface area contributed by atoms with Gasteiger partial charge in [-0.25, -0.2) is 4.79 Å². The second-order valence-corrected chi connectivity index (χ2v) is 3.86. The minimum absolute atomic E-state index is 0.184. The molecule has 2 atom stereocenters. The lowest BCUT2D eigenvalue weighted by Gasteiger charge is -2.19. The Morgan fingerprint density at radius 3 is 2.31 bits per heavy atom. The molecule has 1 aliphatic rings. The highest BCUT2D eigenvalue weighted by Gasteiger charge is 2.31. The third kappa shape index (κ3) is 1.87. The van der Waals surface area contributed by atoms with E-state index in [0.29, 0.717) is 5.69 Å². The number of carboxylic acid groups (broad SMARTS) is 1. The van der Waals surface area contributed by atoms with Gasteiger partial charge in [0, 0.05) is 13.1 Å². The molecule has 0 aromatic heterocycles. The summed E-state index contributed by atoms with van der Waals surface area (Å²) in [5, 5.41) is 27.8. The molecule has 0 radical (unpaired) electrons. The van der Waals surface area contributed by atoms with E-state index in [1.54, 1.807) is 23.1 Å². The van der Waals surface area contributed by atoms with Gasteiger partial charge < -0.3 is 20.2 Å². The summed E-state index contributed by atoms with van der Waals surface area (Å²) in [7, 11) is 0. The number of aliphatic hydroxyl groups excluding tert-OH is 2. The average Bonchev–Trinajstić information content (AvgIpc) is 2.59. The number of carbonyl (C=O) groups is 1. The van der Waals surface area contributed by atoms with Gasteiger partial charge in [-0.1, -0.05) is 12.1 Å². The molecule has 16 heavy (non-hydrogen) atoms. The number of hydrogen-bond acceptors (Lipinski definition) is 4. The van der Waals surface area contributed by atoms with Crippen molar-refractivity contribution in [3.05, 3.63) is 29.8 Å². The largest absolute Gasteiger partial charge is 0.478 e. The van der Waals surface area contributed by atoms with Crippen molar-refractivity contribution < 1.29 is 20.1 Å². The summed E-state index contributed by atoms with van der Waals surface area (Å²) in [6.45, 7) is 0.511. The minimum Gasteiger partial charge on any atom is -0.478 e. The van der Waals surface area contributed by atoms with Crippen LogP contribution in [-0.2, 0) is 0 Å². The van der Waals surface area contributed by atoms with Gasteiger partial charge in [-0.05, 0) is 12.1 Å². The molecule has 1 heterocycles. The number of rotatable bonds is 2. The van der Waals surface area contributed by atoms with Crippen LogP contribution in [0.25, 0.3) is 0 Å². The van der Waals surface area contributed by atoms with E-state index >= 15 is 0 Å². The van der Waals surface area contributed by atoms with Crippen LogP contribution in [0.5, 0.6) is 0 Å². The number of nitrogens with zero attached hydrogens (tertiary/aromatic N) is 1. The highest BCUT2D eigenvalue weighted by molar-refractivity contribution is 5.94. The van der Waals surface area contributed by atoms with Crippen molar-refractivity contribution in [3.63, 3.8) is 0 Å². The molecular formula is C11H13NO4. The Labute approximate surface area is 92.6 Å². The lowest BCUT2D eigenvalue weighted by Crippen LogP contribution is -2.23. The number of para-hydroxylation sites is 1. The van der Waals surface area contributed by atoms with Crippen molar-refractivity contribution in [1.29, 1.82) is 0 Å². The maximum atomic E-state index is 11.0. The topological polar surface area (TPSA) is 81.0 Å². The Kier molecular flexibility index (Phi) is 2.80. The molecule has 2 rings (SSSR count). The Hall–Kier alpha value is -1.59. The van der Waals surface area contributed by atoms with Gasteiger partial charge in [0.2, 0.25) is 0 Å². The van der Waals surface area contributed by atoms with Crippen molar-refractivity contribution in [2.24, 2.45) is 0 Å². The lowest BCUT2D eigenvalue weighted by molar-refractivity contribution is 0.0572. The smallest absolute Gasteiger partial charge is 0.337 e. The van der Waals surface area contributed by atoms with Gasteiger partial charge in [-0.15, -0.1) is 0 Å². The van der Waals surface area contributed by atoms with Gasteiger partial charge >= 0.3 is 5.97 Å². The number of anilines is 1. The monoisotopic (exact) mass is 223 g/mol. The van der Waals surface area contributed by atoms with E-state index in [1.807, 2.05) is 0 Å². The van der Waals surface area contributed by atoms with E-state index in [9.17, 15) is 15.0 Å². The van der Waals surface area contributed by atoms with Crippen LogP contribution >= 0.6 is 0 Å². The number of hydrogen-bond donors (Lipinski definition) is 3. The van der Waals surface area contributed by atoms with Crippen LogP contribution < -0.4 is 4.90 Å². The first-order valence-corrected chi connectivity index (χ1v) is 5.03. The fourth-order valence-electron chi connectivity index (χ4n) is 1.90. The van der Waals surface area contributed by atoms with Crippen LogP contribution in [0.2, 0.25) is 0 Å². The molecule has 1 aromatic rings. The van der Waals surface area contributed by atoms with Crippen molar-refractivity contribution >= 4 is 11.7 Å². The average molecular weight is 223 g/mol. The van der Waals surface area contributed by atoms with E-state index in [-0.39, 0.29) is 18.7 Å². The van der Waals surface area contributed by atoms with Crippen molar-refractivity contribution in [1.82, 2.24) is 0 Å². The van der Waals surface area contributed by atoms with Crippen LogP contribution in [0.1, 0.15) is 10.4 Å². The lowest BCUT2D eigenvalue weighted by atomic mass is 10.1. The summed E-state index contributed by atoms with van der Waals surface area (Å²) >= 11 is 0. The molecule has 1 saturated heterocycles. The quantitative estimate of drug-likeness (QED) is 0.653. The minimum atomic E-state index is -1.01. The molecule has 0 spiro atoms. The van der Waals surface area contributed by atoms with Crippen LogP contribution in [0, 0.1) is 0 Å². The van der Waals surface area contributed by atoms with E-state index in [0.717, 1.165) is 0 Å². The normalized spacial score (nSPS) is 24.8. The zero-order valence-electron chi connectivity index (χ0n) is 8.58. The molecule has 86 valence electrons. The first-order chi connectivity index (χ1) is 7.59. The number of β-amino-alcohol motifs (C(OH)–C–C–N with tert-alkyl or cyclic N) is 2. The van der Waals surface area contributed by atoms with Gasteiger partial charge in [0.05, 0.1) is 23.5 Å². The zero-order valence-corrected chi connectivity index (χ0v) is 8.58. The van der Waals surface area contributed by atoms with E-state index in [1.165, 1.54) is 6.07 Å². The molecular weight excluding hydrogens is 210 g/mol. The molecule has 3 N–H and O–H groups in total. The van der Waals surface area contributed by atoms with Gasteiger partial charge in [-0.2, -0.15) is 0 Å². The molecule has 1 aromatic carbocycles. The summed E-state index contributed by atoms with van der Waals surface area (Å²) < 4.78 is 0. The SMILES string of the molecule is O=C(O)c1ccccc1N1CC(O)C(O)C1. The Morgan fingerprint density at radius 1 is 1.19 bits per heavy atom. The second-order valence-electron chi connectivity index (χ2n) is 3.86. The molecule has 1 fully saturated rings. The maximum absolute atomic E-state index is 11.0. The van der Waals surface area contributed by atoms with Crippen LogP contribution in [0.4, 0.5) is 5.69 Å². The molecule has 1 aliphatic heterocycles. The van der Waals surface area contributed by atoms with Crippen molar-refractivity contribution in [2.45, 2.75) is 12.2 Å². The summed E-state index contributed by atoms with van der Waals surface area (Å²) in [4.78, 5) is 12.7. The third-order valence-corrected chi connectivity index (χ3v) is 2.73. The first-order valence-electron chi connectivity index (χ1n) is 5.03. The molecule has 0 bridgehead atoms. The van der Waals surface area contributed by atoms with Crippen molar-refractivity contribution in [2.75, 3.05) is 18.0 Å². The molecule has 0 aliphatic carbocycles. The Balaban J connectivity index is 2.31. The highest BCUT2D eigenvalue weighted by Crippen LogP contribution is 2.24. The predicted molar refractivity (Wildman–Crippen MR) is 57.6 cm³/mol. The Morgan fingerprint density at radius 2 is 1.75 bits per heavy atom. The second kappa shape index (κ2) is 4.11. The van der Waals surface area contributed by atoms with Crippen LogP contribution in [0.15, 0.2) is 24.3 Å². The fourth-order valence-corrected chi connectivity index (χ4v) is 1.90. The van der Waals surface area contributed by atoms with Crippen LogP contribution in [0.3, 0.4) is 0 Å². The van der Waals surface area contributed by atoms with Gasteiger partial charge in [0.15, 0.2) is 0 Å². The third-order valence-electron chi connectivity index (χ3n) is 2.73. The number of aliphatic hydroxyl groups is 2. The Bertz CT molecular complexity index is 397.